The van der Waals surface area contributed by atoms with Crippen molar-refractivity contribution in [3.05, 3.63) is 21.3 Å². The summed E-state index contributed by atoms with van der Waals surface area (Å²) in [5, 5.41) is 13.0. The topological polar surface area (TPSA) is 69.6 Å². The monoisotopic (exact) mass is 302 g/mol. The summed E-state index contributed by atoms with van der Waals surface area (Å²) in [6, 6.07) is 1.76. The van der Waals surface area contributed by atoms with Crippen molar-refractivity contribution < 1.29 is 14.7 Å². The number of nitrogens with one attached hydrogen (secondary N) is 1. The molecule has 5 nitrogen and oxygen atoms in total. The van der Waals surface area contributed by atoms with E-state index >= 15 is 0 Å². The number of halogens is 1. The number of nitrogens with zero attached hydrogens (tertiary/aromatic N) is 1. The number of amides is 2. The quantitative estimate of drug-likeness (QED) is 0.899. The molecule has 2 N–H and O–H groups in total. The van der Waals surface area contributed by atoms with Gasteiger partial charge >= 0.3 is 6.09 Å². The third-order valence-corrected chi connectivity index (χ3v) is 4.29. The molecule has 1 aliphatic heterocycles. The molecular formula is C12H15ClN2O3S. The van der Waals surface area contributed by atoms with Crippen molar-refractivity contribution in [1.82, 2.24) is 10.2 Å². The summed E-state index contributed by atoms with van der Waals surface area (Å²) >= 11 is 7.25. The van der Waals surface area contributed by atoms with Gasteiger partial charge in [-0.05, 0) is 29.9 Å². The van der Waals surface area contributed by atoms with Gasteiger partial charge in [-0.1, -0.05) is 11.6 Å². The lowest BCUT2D eigenvalue weighted by atomic mass is 10.0. The Labute approximate surface area is 120 Å². The molecule has 0 atom stereocenters. The number of thiophene rings is 1. The summed E-state index contributed by atoms with van der Waals surface area (Å²) in [5.74, 6) is 0.0724. The van der Waals surface area contributed by atoms with Crippen LogP contribution in [0.5, 0.6) is 0 Å². The van der Waals surface area contributed by atoms with Crippen LogP contribution in [0.3, 0.4) is 0 Å². The lowest BCUT2D eigenvalue weighted by Crippen LogP contribution is -2.46. The van der Waals surface area contributed by atoms with E-state index in [1.54, 1.807) is 4.90 Å². The first kappa shape index (κ1) is 14.1. The Hall–Kier alpha value is -1.27. The second-order valence-electron chi connectivity index (χ2n) is 4.54. The van der Waals surface area contributed by atoms with Gasteiger partial charge in [0.15, 0.2) is 0 Å². The molecule has 19 heavy (non-hydrogen) atoms. The van der Waals surface area contributed by atoms with Crippen LogP contribution in [0.15, 0.2) is 11.4 Å². The summed E-state index contributed by atoms with van der Waals surface area (Å²) in [6.07, 6.45) is 0.697. The normalized spacial score (nSPS) is 16.4. The van der Waals surface area contributed by atoms with Crippen LogP contribution in [-0.4, -0.2) is 41.1 Å². The largest absolute Gasteiger partial charge is 0.465 e. The fraction of sp³-hybridized carbons (Fsp3) is 0.500. The molecule has 1 fully saturated rings. The van der Waals surface area contributed by atoms with Crippen molar-refractivity contribution in [2.24, 2.45) is 0 Å². The summed E-state index contributed by atoms with van der Waals surface area (Å²) in [7, 11) is 0. The maximum Gasteiger partial charge on any atom is 0.404 e. The molecule has 0 saturated carbocycles. The zero-order valence-electron chi connectivity index (χ0n) is 10.3. The van der Waals surface area contributed by atoms with Crippen molar-refractivity contribution >= 4 is 34.9 Å². The smallest absolute Gasteiger partial charge is 0.404 e. The van der Waals surface area contributed by atoms with Crippen LogP contribution < -0.4 is 5.32 Å². The standard InChI is InChI=1S/C12H15ClN2O3S/c13-10-5-8(7-19-10)6-11(16)15-3-1-9(2-4-15)14-12(17)18/h5,7,9,14H,1-4,6H2,(H,17,18). The Balaban J connectivity index is 1.80. The summed E-state index contributed by atoms with van der Waals surface area (Å²) in [5.41, 5.74) is 0.936. The van der Waals surface area contributed by atoms with Crippen LogP contribution in [0.2, 0.25) is 4.34 Å². The highest BCUT2D eigenvalue weighted by molar-refractivity contribution is 7.14. The molecule has 0 aliphatic carbocycles. The van der Waals surface area contributed by atoms with Gasteiger partial charge in [-0.15, -0.1) is 11.3 Å². The van der Waals surface area contributed by atoms with E-state index in [0.717, 1.165) is 5.56 Å². The minimum absolute atomic E-state index is 0.0443. The fourth-order valence-electron chi connectivity index (χ4n) is 2.17. The average molecular weight is 303 g/mol. The second kappa shape index (κ2) is 6.25. The van der Waals surface area contributed by atoms with E-state index in [1.807, 2.05) is 11.4 Å². The van der Waals surface area contributed by atoms with Crippen LogP contribution in [0, 0.1) is 0 Å². The van der Waals surface area contributed by atoms with Crippen LogP contribution in [0.25, 0.3) is 0 Å². The molecule has 1 aromatic heterocycles. The maximum absolute atomic E-state index is 12.1. The van der Waals surface area contributed by atoms with Gasteiger partial charge in [0.2, 0.25) is 5.91 Å². The van der Waals surface area contributed by atoms with Crippen LogP contribution in [0.1, 0.15) is 18.4 Å². The first-order valence-electron chi connectivity index (χ1n) is 6.05. The number of hydrogen-bond acceptors (Lipinski definition) is 3. The number of rotatable bonds is 3. The minimum Gasteiger partial charge on any atom is -0.465 e. The molecule has 0 unspecified atom stereocenters. The molecule has 7 heteroatoms. The maximum atomic E-state index is 12.1. The van der Waals surface area contributed by atoms with Gasteiger partial charge in [0.25, 0.3) is 0 Å². The predicted octanol–water partition coefficient (Wildman–Crippen LogP) is 2.20. The zero-order valence-corrected chi connectivity index (χ0v) is 11.8. The minimum atomic E-state index is -1.00. The van der Waals surface area contributed by atoms with Gasteiger partial charge in [0.1, 0.15) is 0 Å². The molecule has 2 heterocycles. The highest BCUT2D eigenvalue weighted by Crippen LogP contribution is 2.21. The van der Waals surface area contributed by atoms with Gasteiger partial charge in [-0.2, -0.15) is 0 Å². The van der Waals surface area contributed by atoms with Crippen molar-refractivity contribution in [2.75, 3.05) is 13.1 Å². The Morgan fingerprint density at radius 3 is 2.68 bits per heavy atom. The first-order chi connectivity index (χ1) is 9.04. The molecule has 2 rings (SSSR count). The number of likely N-dealkylation sites (tertiary alicyclic amines) is 1. The molecule has 1 saturated heterocycles. The zero-order chi connectivity index (χ0) is 13.8. The van der Waals surface area contributed by atoms with Crippen LogP contribution >= 0.6 is 22.9 Å². The number of carboxylic acid groups (broad SMARTS) is 1. The molecular weight excluding hydrogens is 288 g/mol. The molecule has 0 spiro atoms. The molecule has 0 aromatic carbocycles. The molecule has 2 amide bonds. The molecule has 0 bridgehead atoms. The predicted molar refractivity (Wildman–Crippen MR) is 73.8 cm³/mol. The Morgan fingerprint density at radius 1 is 1.47 bits per heavy atom. The average Bonchev–Trinajstić information content (AvgIpc) is 2.75. The van der Waals surface area contributed by atoms with Crippen molar-refractivity contribution in [3.63, 3.8) is 0 Å². The SMILES string of the molecule is O=C(O)NC1CCN(C(=O)Cc2csc(Cl)c2)CC1. The van der Waals surface area contributed by atoms with Gasteiger partial charge in [-0.3, -0.25) is 4.79 Å². The highest BCUT2D eigenvalue weighted by atomic mass is 35.5. The number of hydrogen-bond donors (Lipinski definition) is 2. The van der Waals surface area contributed by atoms with Crippen LogP contribution in [0.4, 0.5) is 4.79 Å². The Bertz CT molecular complexity index is 469. The summed E-state index contributed by atoms with van der Waals surface area (Å²) in [6.45, 7) is 1.20. The number of piperidine rings is 1. The third kappa shape index (κ3) is 4.11. The van der Waals surface area contributed by atoms with Gasteiger partial charge in [0, 0.05) is 19.1 Å². The van der Waals surface area contributed by atoms with E-state index in [9.17, 15) is 9.59 Å². The lowest BCUT2D eigenvalue weighted by Gasteiger charge is -2.31. The van der Waals surface area contributed by atoms with E-state index in [-0.39, 0.29) is 11.9 Å². The van der Waals surface area contributed by atoms with Crippen LogP contribution in [-0.2, 0) is 11.2 Å². The second-order valence-corrected chi connectivity index (χ2v) is 6.08. The van der Waals surface area contributed by atoms with Crippen molar-refractivity contribution in [3.8, 4) is 0 Å². The fourth-order valence-corrected chi connectivity index (χ4v) is 3.08. The van der Waals surface area contributed by atoms with Crippen molar-refractivity contribution in [1.29, 1.82) is 0 Å². The molecule has 1 aliphatic rings. The number of carbonyl (C=O) groups is 2. The van der Waals surface area contributed by atoms with E-state index < -0.39 is 6.09 Å². The Morgan fingerprint density at radius 2 is 2.16 bits per heavy atom. The first-order valence-corrected chi connectivity index (χ1v) is 7.30. The summed E-state index contributed by atoms with van der Waals surface area (Å²) in [4.78, 5) is 24.4. The molecule has 0 radical (unpaired) electrons. The van der Waals surface area contributed by atoms with Gasteiger partial charge in [-0.25, -0.2) is 4.79 Å². The van der Waals surface area contributed by atoms with E-state index in [2.05, 4.69) is 5.32 Å². The Kier molecular flexibility index (Phi) is 4.66. The van der Waals surface area contributed by atoms with E-state index in [4.69, 9.17) is 16.7 Å². The van der Waals surface area contributed by atoms with Crippen molar-refractivity contribution in [2.45, 2.75) is 25.3 Å². The third-order valence-electron chi connectivity index (χ3n) is 3.15. The van der Waals surface area contributed by atoms with Gasteiger partial charge < -0.3 is 15.3 Å². The molecule has 104 valence electrons. The van der Waals surface area contributed by atoms with E-state index in [0.29, 0.717) is 36.7 Å². The van der Waals surface area contributed by atoms with Gasteiger partial charge in [0.05, 0.1) is 10.8 Å². The highest BCUT2D eigenvalue weighted by Gasteiger charge is 2.23. The molecule has 1 aromatic rings. The summed E-state index contributed by atoms with van der Waals surface area (Å²) < 4.78 is 0.687. The lowest BCUT2D eigenvalue weighted by molar-refractivity contribution is -0.131. The van der Waals surface area contributed by atoms with E-state index in [1.165, 1.54) is 11.3 Å². The number of carbonyl (C=O) groups excluding carboxylic acids is 1.